The van der Waals surface area contributed by atoms with E-state index >= 15 is 0 Å². The second-order valence-electron chi connectivity index (χ2n) is 8.25. The van der Waals surface area contributed by atoms with Gasteiger partial charge in [0.15, 0.2) is 0 Å². The summed E-state index contributed by atoms with van der Waals surface area (Å²) in [7, 11) is 0. The van der Waals surface area contributed by atoms with E-state index in [1.807, 2.05) is 0 Å². The van der Waals surface area contributed by atoms with Gasteiger partial charge in [-0.2, -0.15) is 0 Å². The number of hydrogen-bond donors (Lipinski definition) is 0. The lowest BCUT2D eigenvalue weighted by atomic mass is 9.64. The molecule has 3 rings (SSSR count). The van der Waals surface area contributed by atoms with Crippen LogP contribution < -0.4 is 0 Å². The zero-order valence-corrected chi connectivity index (χ0v) is 13.1. The van der Waals surface area contributed by atoms with Crippen molar-refractivity contribution in [3.63, 3.8) is 0 Å². The van der Waals surface area contributed by atoms with Gasteiger partial charge in [0, 0.05) is 12.8 Å². The van der Waals surface area contributed by atoms with E-state index in [2.05, 4.69) is 27.7 Å². The van der Waals surface area contributed by atoms with Crippen LogP contribution in [0.25, 0.3) is 0 Å². The Labute approximate surface area is 117 Å². The van der Waals surface area contributed by atoms with Crippen LogP contribution in [0.5, 0.6) is 0 Å². The van der Waals surface area contributed by atoms with Crippen molar-refractivity contribution in [2.24, 2.45) is 28.6 Å². The highest BCUT2D eigenvalue weighted by Gasteiger charge is 2.68. The number of esters is 1. The lowest BCUT2D eigenvalue weighted by Gasteiger charge is -2.46. The van der Waals surface area contributed by atoms with Crippen LogP contribution in [0.2, 0.25) is 0 Å². The molecule has 3 aliphatic carbocycles. The normalized spacial score (nSPS) is 50.9. The molecule has 0 aromatic rings. The third-order valence-corrected chi connectivity index (χ3v) is 7.15. The van der Waals surface area contributed by atoms with Crippen LogP contribution in [0.3, 0.4) is 0 Å². The fraction of sp³-hybridized carbons (Fsp3) is 0.941. The van der Waals surface area contributed by atoms with E-state index in [-0.39, 0.29) is 11.6 Å². The molecule has 0 N–H and O–H groups in total. The molecule has 3 fully saturated rings. The number of carbonyl (C=O) groups excluding carboxylic acids is 1. The van der Waals surface area contributed by atoms with E-state index in [1.165, 1.54) is 25.7 Å². The molecule has 2 bridgehead atoms. The molecule has 0 aromatic heterocycles. The molecule has 0 amide bonds. The minimum Gasteiger partial charge on any atom is -0.459 e. The van der Waals surface area contributed by atoms with Crippen molar-refractivity contribution in [1.82, 2.24) is 0 Å². The second-order valence-corrected chi connectivity index (χ2v) is 8.25. The molecule has 3 aliphatic rings. The van der Waals surface area contributed by atoms with Gasteiger partial charge in [-0.25, -0.2) is 0 Å². The van der Waals surface area contributed by atoms with Crippen LogP contribution in [0.1, 0.15) is 66.7 Å². The average Bonchev–Trinajstić information content (AvgIpc) is 2.69. The van der Waals surface area contributed by atoms with Gasteiger partial charge in [0.05, 0.1) is 0 Å². The van der Waals surface area contributed by atoms with Crippen LogP contribution in [-0.4, -0.2) is 11.6 Å². The van der Waals surface area contributed by atoms with Crippen molar-refractivity contribution >= 4 is 5.97 Å². The molecule has 2 nitrogen and oxygen atoms in total. The third kappa shape index (κ3) is 1.58. The Balaban J connectivity index is 1.99. The molecule has 5 atom stereocenters. The number of carbonyl (C=O) groups is 1. The van der Waals surface area contributed by atoms with Crippen molar-refractivity contribution in [2.75, 3.05) is 0 Å². The van der Waals surface area contributed by atoms with Crippen molar-refractivity contribution in [3.05, 3.63) is 0 Å². The standard InChI is InChI=1S/C17H28O2/c1-11-6-7-13-15(3,4)14-10-17(11,13)9-8-16(14,5)19-12(2)18/h11,13-14H,6-10H2,1-5H3/t11-,13+,14+,16-,17-/m0/s1. The highest BCUT2D eigenvalue weighted by Crippen LogP contribution is 2.73. The van der Waals surface area contributed by atoms with Gasteiger partial charge in [0.2, 0.25) is 0 Å². The first-order valence-electron chi connectivity index (χ1n) is 7.92. The van der Waals surface area contributed by atoms with Crippen molar-refractivity contribution < 1.29 is 9.53 Å². The summed E-state index contributed by atoms with van der Waals surface area (Å²) < 4.78 is 5.80. The van der Waals surface area contributed by atoms with Crippen molar-refractivity contribution in [2.45, 2.75) is 72.3 Å². The first kappa shape index (κ1) is 13.5. The Morgan fingerprint density at radius 3 is 2.42 bits per heavy atom. The molecule has 0 heterocycles. The maximum Gasteiger partial charge on any atom is 0.303 e. The van der Waals surface area contributed by atoms with Gasteiger partial charge in [-0.1, -0.05) is 20.8 Å². The Morgan fingerprint density at radius 2 is 1.79 bits per heavy atom. The maximum atomic E-state index is 11.5. The molecule has 19 heavy (non-hydrogen) atoms. The number of ether oxygens (including phenoxy) is 1. The molecule has 1 spiro atoms. The van der Waals surface area contributed by atoms with E-state index in [1.54, 1.807) is 6.92 Å². The Morgan fingerprint density at radius 1 is 1.11 bits per heavy atom. The predicted molar refractivity (Wildman–Crippen MR) is 75.6 cm³/mol. The molecule has 108 valence electrons. The molecule has 0 saturated heterocycles. The zero-order chi connectivity index (χ0) is 14.1. The van der Waals surface area contributed by atoms with E-state index in [0.717, 1.165) is 18.3 Å². The van der Waals surface area contributed by atoms with Gasteiger partial charge < -0.3 is 4.74 Å². The molecular formula is C17H28O2. The van der Waals surface area contributed by atoms with Gasteiger partial charge in [-0.3, -0.25) is 4.79 Å². The van der Waals surface area contributed by atoms with Crippen molar-refractivity contribution in [1.29, 1.82) is 0 Å². The van der Waals surface area contributed by atoms with Crippen molar-refractivity contribution in [3.8, 4) is 0 Å². The van der Waals surface area contributed by atoms with Gasteiger partial charge in [-0.15, -0.1) is 0 Å². The Bertz CT molecular complexity index is 413. The minimum atomic E-state index is -0.232. The Kier molecular flexibility index (Phi) is 2.67. The fourth-order valence-electron chi connectivity index (χ4n) is 6.31. The first-order chi connectivity index (χ1) is 8.72. The van der Waals surface area contributed by atoms with E-state index in [0.29, 0.717) is 16.7 Å². The molecule has 0 radical (unpaired) electrons. The summed E-state index contributed by atoms with van der Waals surface area (Å²) in [5.41, 5.74) is 0.629. The number of fused-ring (bicyclic) bond motifs is 1. The third-order valence-electron chi connectivity index (χ3n) is 7.15. The van der Waals surface area contributed by atoms with E-state index < -0.39 is 0 Å². The summed E-state index contributed by atoms with van der Waals surface area (Å²) in [4.78, 5) is 11.5. The summed E-state index contributed by atoms with van der Waals surface area (Å²) in [5, 5.41) is 0. The van der Waals surface area contributed by atoms with Crippen LogP contribution in [0, 0.1) is 28.6 Å². The van der Waals surface area contributed by atoms with Gasteiger partial charge in [0.25, 0.3) is 0 Å². The quantitative estimate of drug-likeness (QED) is 0.664. The molecule has 2 heteroatoms. The van der Waals surface area contributed by atoms with Gasteiger partial charge in [-0.05, 0) is 61.7 Å². The molecule has 3 saturated carbocycles. The highest BCUT2D eigenvalue weighted by molar-refractivity contribution is 5.66. The highest BCUT2D eigenvalue weighted by atomic mass is 16.6. The minimum absolute atomic E-state index is 0.112. The van der Waals surface area contributed by atoms with Gasteiger partial charge in [0.1, 0.15) is 5.60 Å². The SMILES string of the molecule is CC(=O)O[C@@]1(C)CC[C@@]23C[C@@H]1C(C)(C)[C@H]2CC[C@@H]3C. The molecule has 0 unspecified atom stereocenters. The largest absolute Gasteiger partial charge is 0.459 e. The number of hydrogen-bond acceptors (Lipinski definition) is 2. The lowest BCUT2D eigenvalue weighted by Crippen LogP contribution is -2.47. The Hall–Kier alpha value is -0.530. The molecule has 0 aromatic carbocycles. The summed E-state index contributed by atoms with van der Waals surface area (Å²) in [6, 6.07) is 0. The maximum absolute atomic E-state index is 11.5. The molecular weight excluding hydrogens is 236 g/mol. The second kappa shape index (κ2) is 3.77. The van der Waals surface area contributed by atoms with Crippen LogP contribution in [0.4, 0.5) is 0 Å². The van der Waals surface area contributed by atoms with Crippen LogP contribution in [0.15, 0.2) is 0 Å². The number of rotatable bonds is 1. The summed E-state index contributed by atoms with van der Waals surface area (Å²) in [5.74, 6) is 2.10. The lowest BCUT2D eigenvalue weighted by molar-refractivity contribution is -0.171. The summed E-state index contributed by atoms with van der Waals surface area (Å²) in [6.07, 6.45) is 6.35. The van der Waals surface area contributed by atoms with E-state index in [9.17, 15) is 4.79 Å². The molecule has 0 aliphatic heterocycles. The first-order valence-corrected chi connectivity index (χ1v) is 7.92. The summed E-state index contributed by atoms with van der Waals surface area (Å²) >= 11 is 0. The smallest absolute Gasteiger partial charge is 0.303 e. The topological polar surface area (TPSA) is 26.3 Å². The average molecular weight is 264 g/mol. The summed E-state index contributed by atoms with van der Waals surface area (Å²) in [6.45, 7) is 11.0. The van der Waals surface area contributed by atoms with Crippen LogP contribution >= 0.6 is 0 Å². The van der Waals surface area contributed by atoms with E-state index in [4.69, 9.17) is 4.74 Å². The predicted octanol–water partition coefficient (Wildman–Crippen LogP) is 4.18. The monoisotopic (exact) mass is 264 g/mol. The van der Waals surface area contributed by atoms with Gasteiger partial charge >= 0.3 is 5.97 Å². The fourth-order valence-corrected chi connectivity index (χ4v) is 6.31. The van der Waals surface area contributed by atoms with Crippen LogP contribution in [-0.2, 0) is 9.53 Å². The zero-order valence-electron chi connectivity index (χ0n) is 13.1.